The standard InChI is InChI=1S/C24H27N3O4S/c1-6-11-27-23(29)21(32-24(27)26-18-12-15(2)7-8-16(18)3)14-22(28)25-17-9-10-19(30-4)20(13-17)31-5/h6-10,12-13,21H,1,11,14H2,2-5H3,(H,25,28). The Balaban J connectivity index is 1.76. The number of amidine groups is 1. The average Bonchev–Trinajstić information content (AvgIpc) is 3.05. The van der Waals surface area contributed by atoms with Crippen molar-refractivity contribution in [1.29, 1.82) is 0 Å². The highest BCUT2D eigenvalue weighted by molar-refractivity contribution is 8.15. The zero-order chi connectivity index (χ0) is 23.3. The molecule has 0 aliphatic carbocycles. The Morgan fingerprint density at radius 2 is 1.94 bits per heavy atom. The number of hydrogen-bond donors (Lipinski definition) is 1. The number of anilines is 1. The van der Waals surface area contributed by atoms with Crippen molar-refractivity contribution in [3.05, 3.63) is 60.2 Å². The van der Waals surface area contributed by atoms with E-state index in [1.807, 2.05) is 32.0 Å². The first kappa shape index (κ1) is 23.4. The summed E-state index contributed by atoms with van der Waals surface area (Å²) in [4.78, 5) is 32.0. The molecule has 1 unspecified atom stereocenters. The Hall–Kier alpha value is -3.26. The van der Waals surface area contributed by atoms with Gasteiger partial charge in [0.15, 0.2) is 16.7 Å². The molecule has 32 heavy (non-hydrogen) atoms. The number of aryl methyl sites for hydroxylation is 2. The molecule has 1 atom stereocenters. The van der Waals surface area contributed by atoms with Gasteiger partial charge in [-0.1, -0.05) is 30.0 Å². The van der Waals surface area contributed by atoms with Crippen molar-refractivity contribution in [3.63, 3.8) is 0 Å². The van der Waals surface area contributed by atoms with Crippen LogP contribution in [0.1, 0.15) is 17.5 Å². The van der Waals surface area contributed by atoms with Crippen molar-refractivity contribution in [2.24, 2.45) is 4.99 Å². The Morgan fingerprint density at radius 1 is 1.19 bits per heavy atom. The second kappa shape index (κ2) is 10.4. The fourth-order valence-corrected chi connectivity index (χ4v) is 4.42. The number of methoxy groups -OCH3 is 2. The maximum absolute atomic E-state index is 13.0. The van der Waals surface area contributed by atoms with E-state index in [0.29, 0.717) is 28.9 Å². The van der Waals surface area contributed by atoms with Crippen LogP contribution < -0.4 is 14.8 Å². The van der Waals surface area contributed by atoms with Crippen molar-refractivity contribution in [2.45, 2.75) is 25.5 Å². The van der Waals surface area contributed by atoms with Crippen LogP contribution in [-0.4, -0.2) is 47.9 Å². The van der Waals surface area contributed by atoms with Crippen LogP contribution >= 0.6 is 11.8 Å². The summed E-state index contributed by atoms with van der Waals surface area (Å²) in [5.74, 6) is 0.659. The molecule has 1 N–H and O–H groups in total. The number of benzene rings is 2. The highest BCUT2D eigenvalue weighted by atomic mass is 32.2. The van der Waals surface area contributed by atoms with Crippen LogP contribution in [0.4, 0.5) is 11.4 Å². The molecule has 2 aromatic rings. The summed E-state index contributed by atoms with van der Waals surface area (Å²) in [5, 5.41) is 2.84. The molecule has 3 rings (SSSR count). The molecule has 168 valence electrons. The third-order valence-electron chi connectivity index (χ3n) is 4.95. The quantitative estimate of drug-likeness (QED) is 0.597. The van der Waals surface area contributed by atoms with Crippen LogP contribution in [0.5, 0.6) is 11.5 Å². The minimum absolute atomic E-state index is 0.0251. The minimum Gasteiger partial charge on any atom is -0.493 e. The van der Waals surface area contributed by atoms with Gasteiger partial charge in [-0.2, -0.15) is 0 Å². The van der Waals surface area contributed by atoms with E-state index in [-0.39, 0.29) is 18.2 Å². The molecule has 1 aliphatic heterocycles. The van der Waals surface area contributed by atoms with Gasteiger partial charge >= 0.3 is 0 Å². The predicted molar refractivity (Wildman–Crippen MR) is 129 cm³/mol. The molecule has 1 aliphatic rings. The number of ether oxygens (including phenoxy) is 2. The lowest BCUT2D eigenvalue weighted by molar-refractivity contribution is -0.127. The summed E-state index contributed by atoms with van der Waals surface area (Å²) in [7, 11) is 3.08. The Labute approximate surface area is 192 Å². The molecule has 0 spiro atoms. The Bertz CT molecular complexity index is 1070. The molecule has 2 aromatic carbocycles. The summed E-state index contributed by atoms with van der Waals surface area (Å²) >= 11 is 1.30. The van der Waals surface area contributed by atoms with Crippen molar-refractivity contribution in [1.82, 2.24) is 4.90 Å². The van der Waals surface area contributed by atoms with Crippen molar-refractivity contribution >= 4 is 40.1 Å². The third kappa shape index (κ3) is 5.31. The second-order valence-electron chi connectivity index (χ2n) is 7.35. The van der Waals surface area contributed by atoms with Crippen molar-refractivity contribution < 1.29 is 19.1 Å². The number of hydrogen-bond acceptors (Lipinski definition) is 6. The molecular formula is C24H27N3O4S. The van der Waals surface area contributed by atoms with Gasteiger partial charge < -0.3 is 14.8 Å². The fourth-order valence-electron chi connectivity index (χ4n) is 3.26. The Kier molecular flexibility index (Phi) is 7.58. The summed E-state index contributed by atoms with van der Waals surface area (Å²) in [6.07, 6.45) is 1.68. The number of nitrogens with zero attached hydrogens (tertiary/aromatic N) is 2. The van der Waals surface area contributed by atoms with Gasteiger partial charge in [-0.3, -0.25) is 14.5 Å². The molecule has 8 heteroatoms. The van der Waals surface area contributed by atoms with Crippen LogP contribution in [0.2, 0.25) is 0 Å². The van der Waals surface area contributed by atoms with Crippen LogP contribution in [0.15, 0.2) is 54.0 Å². The lowest BCUT2D eigenvalue weighted by atomic mass is 10.1. The summed E-state index contributed by atoms with van der Waals surface area (Å²) in [5.41, 5.74) is 3.48. The number of carbonyl (C=O) groups is 2. The van der Waals surface area contributed by atoms with E-state index in [4.69, 9.17) is 14.5 Å². The van der Waals surface area contributed by atoms with Gasteiger partial charge in [0, 0.05) is 24.7 Å². The molecule has 0 radical (unpaired) electrons. The van der Waals surface area contributed by atoms with E-state index in [1.54, 1.807) is 36.3 Å². The summed E-state index contributed by atoms with van der Waals surface area (Å²) in [6.45, 7) is 8.06. The van der Waals surface area contributed by atoms with Crippen LogP contribution in [0, 0.1) is 13.8 Å². The topological polar surface area (TPSA) is 80.2 Å². The predicted octanol–water partition coefficient (Wildman–Crippen LogP) is 4.47. The highest BCUT2D eigenvalue weighted by Crippen LogP contribution is 2.34. The number of amides is 2. The number of rotatable bonds is 8. The van der Waals surface area contributed by atoms with E-state index < -0.39 is 5.25 Å². The largest absolute Gasteiger partial charge is 0.493 e. The van der Waals surface area contributed by atoms with Crippen molar-refractivity contribution in [3.8, 4) is 11.5 Å². The van der Waals surface area contributed by atoms with Gasteiger partial charge in [0.05, 0.1) is 19.9 Å². The summed E-state index contributed by atoms with van der Waals surface area (Å²) in [6, 6.07) is 11.1. The number of carbonyl (C=O) groups excluding carboxylic acids is 2. The Morgan fingerprint density at radius 3 is 2.62 bits per heavy atom. The maximum atomic E-state index is 13.0. The number of nitrogens with one attached hydrogen (secondary N) is 1. The van der Waals surface area contributed by atoms with E-state index in [1.165, 1.54) is 18.9 Å². The van der Waals surface area contributed by atoms with Gasteiger partial charge in [0.25, 0.3) is 0 Å². The first-order chi connectivity index (χ1) is 15.4. The maximum Gasteiger partial charge on any atom is 0.242 e. The van der Waals surface area contributed by atoms with Gasteiger partial charge in [0.2, 0.25) is 11.8 Å². The number of aliphatic imine (C=N–C) groups is 1. The lowest BCUT2D eigenvalue weighted by Crippen LogP contribution is -2.33. The monoisotopic (exact) mass is 453 g/mol. The normalized spacial score (nSPS) is 16.9. The molecule has 1 heterocycles. The molecule has 0 bridgehead atoms. The summed E-state index contributed by atoms with van der Waals surface area (Å²) < 4.78 is 10.5. The van der Waals surface area contributed by atoms with E-state index in [0.717, 1.165) is 16.8 Å². The van der Waals surface area contributed by atoms with E-state index >= 15 is 0 Å². The van der Waals surface area contributed by atoms with Crippen molar-refractivity contribution in [2.75, 3.05) is 26.1 Å². The first-order valence-corrected chi connectivity index (χ1v) is 11.0. The van der Waals surface area contributed by atoms with Crippen LogP contribution in [0.3, 0.4) is 0 Å². The lowest BCUT2D eigenvalue weighted by Gasteiger charge is -2.14. The highest BCUT2D eigenvalue weighted by Gasteiger charge is 2.38. The molecule has 0 saturated carbocycles. The van der Waals surface area contributed by atoms with E-state index in [2.05, 4.69) is 11.9 Å². The molecular weight excluding hydrogens is 426 g/mol. The fraction of sp³-hybridized carbons (Fsp3) is 0.292. The molecule has 1 fully saturated rings. The van der Waals surface area contributed by atoms with Gasteiger partial charge in [-0.05, 0) is 43.2 Å². The zero-order valence-corrected chi connectivity index (χ0v) is 19.5. The van der Waals surface area contributed by atoms with Crippen LogP contribution in [-0.2, 0) is 9.59 Å². The molecule has 0 aromatic heterocycles. The molecule has 2 amide bonds. The van der Waals surface area contributed by atoms with Crippen LogP contribution in [0.25, 0.3) is 0 Å². The van der Waals surface area contributed by atoms with E-state index in [9.17, 15) is 9.59 Å². The van der Waals surface area contributed by atoms with Gasteiger partial charge in [-0.25, -0.2) is 4.99 Å². The molecule has 7 nitrogen and oxygen atoms in total. The first-order valence-electron chi connectivity index (χ1n) is 10.1. The minimum atomic E-state index is -0.557. The zero-order valence-electron chi connectivity index (χ0n) is 18.7. The van der Waals surface area contributed by atoms with Gasteiger partial charge in [-0.15, -0.1) is 6.58 Å². The SMILES string of the molecule is C=CCN1C(=O)C(CC(=O)Nc2ccc(OC)c(OC)c2)SC1=Nc1cc(C)ccc1C. The third-order valence-corrected chi connectivity index (χ3v) is 6.13. The smallest absolute Gasteiger partial charge is 0.242 e. The van der Waals surface area contributed by atoms with Gasteiger partial charge in [0.1, 0.15) is 5.25 Å². The number of thioether (sulfide) groups is 1. The molecule has 1 saturated heterocycles. The average molecular weight is 454 g/mol. The second-order valence-corrected chi connectivity index (χ2v) is 8.52.